The van der Waals surface area contributed by atoms with Crippen LogP contribution in [0, 0.1) is 6.42 Å². The van der Waals surface area contributed by atoms with Gasteiger partial charge in [-0.2, -0.15) is 0 Å². The first-order valence-corrected chi connectivity index (χ1v) is 7.34. The normalized spacial score (nSPS) is 14.4. The van der Waals surface area contributed by atoms with Gasteiger partial charge in [0.05, 0.1) is 6.54 Å². The van der Waals surface area contributed by atoms with E-state index in [1.54, 1.807) is 51.5 Å². The molecule has 1 amide bonds. The summed E-state index contributed by atoms with van der Waals surface area (Å²) < 4.78 is 5.17. The molecule has 0 aromatic heterocycles. The number of ether oxygens (including phenoxy) is 1. The molecule has 117 valence electrons. The summed E-state index contributed by atoms with van der Waals surface area (Å²) in [6.07, 6.45) is 1.85. The Morgan fingerprint density at radius 3 is 2.38 bits per heavy atom. The lowest BCUT2D eigenvalue weighted by atomic mass is 9.89. The second kappa shape index (κ2) is 7.14. The zero-order valence-electron chi connectivity index (χ0n) is 12.9. The summed E-state index contributed by atoms with van der Waals surface area (Å²) in [5.41, 5.74) is -1.16. The van der Waals surface area contributed by atoms with Gasteiger partial charge in [-0.25, -0.2) is 4.79 Å². The number of amides is 1. The monoisotopic (exact) mass is 312 g/mol. The lowest BCUT2D eigenvalue weighted by Crippen LogP contribution is -2.43. The van der Waals surface area contributed by atoms with Gasteiger partial charge in [-0.05, 0) is 51.3 Å². The van der Waals surface area contributed by atoms with Gasteiger partial charge in [0, 0.05) is 5.02 Å². The summed E-state index contributed by atoms with van der Waals surface area (Å²) in [6.45, 7) is 7.33. The van der Waals surface area contributed by atoms with Gasteiger partial charge in [0.1, 0.15) is 11.2 Å². The first kappa shape index (κ1) is 17.8. The van der Waals surface area contributed by atoms with Crippen molar-refractivity contribution in [3.05, 3.63) is 41.3 Å². The highest BCUT2D eigenvalue weighted by molar-refractivity contribution is 6.30. The quantitative estimate of drug-likeness (QED) is 0.872. The number of carbonyl (C=O) groups excluding carboxylic acids is 1. The van der Waals surface area contributed by atoms with Crippen LogP contribution in [0.2, 0.25) is 5.02 Å². The van der Waals surface area contributed by atoms with E-state index < -0.39 is 17.3 Å². The Bertz CT molecular complexity index is 467. The molecule has 0 heterocycles. The molecule has 1 aromatic rings. The summed E-state index contributed by atoms with van der Waals surface area (Å²) in [6, 6.07) is 6.90. The minimum absolute atomic E-state index is 0.0391. The van der Waals surface area contributed by atoms with E-state index in [0.29, 0.717) is 17.0 Å². The minimum atomic E-state index is -1.25. The summed E-state index contributed by atoms with van der Waals surface area (Å²) in [5.74, 6) is 0. The Morgan fingerprint density at radius 1 is 1.33 bits per heavy atom. The number of carbonyl (C=O) groups is 1. The molecule has 0 saturated heterocycles. The predicted molar refractivity (Wildman–Crippen MR) is 84.2 cm³/mol. The maximum Gasteiger partial charge on any atom is 0.407 e. The van der Waals surface area contributed by atoms with Crippen molar-refractivity contribution < 1.29 is 14.6 Å². The number of hydrogen-bond acceptors (Lipinski definition) is 3. The molecule has 1 unspecified atom stereocenters. The average Bonchev–Trinajstić information content (AvgIpc) is 2.35. The molecule has 0 aliphatic heterocycles. The summed E-state index contributed by atoms with van der Waals surface area (Å²) >= 11 is 5.86. The van der Waals surface area contributed by atoms with Gasteiger partial charge in [0.15, 0.2) is 0 Å². The number of halogens is 1. The second-order valence-electron chi connectivity index (χ2n) is 5.90. The third kappa shape index (κ3) is 5.94. The molecule has 4 nitrogen and oxygen atoms in total. The van der Waals surface area contributed by atoms with Crippen LogP contribution in [-0.4, -0.2) is 23.3 Å². The number of benzene rings is 1. The third-order valence-corrected chi connectivity index (χ3v) is 3.04. The largest absolute Gasteiger partial charge is 0.444 e. The van der Waals surface area contributed by atoms with Gasteiger partial charge in [0.2, 0.25) is 0 Å². The van der Waals surface area contributed by atoms with E-state index in [1.165, 1.54) is 0 Å². The van der Waals surface area contributed by atoms with Gasteiger partial charge < -0.3 is 15.2 Å². The molecule has 0 bridgehead atoms. The number of hydrogen-bond donors (Lipinski definition) is 2. The Kier molecular flexibility index (Phi) is 6.05. The average molecular weight is 313 g/mol. The fraction of sp³-hybridized carbons (Fsp3) is 0.500. The van der Waals surface area contributed by atoms with Crippen molar-refractivity contribution in [2.45, 2.75) is 45.3 Å². The number of alkyl carbamates (subject to hydrolysis) is 1. The van der Waals surface area contributed by atoms with Crippen LogP contribution in [0.15, 0.2) is 24.3 Å². The molecule has 0 saturated carbocycles. The number of nitrogens with one attached hydrogen (secondary N) is 1. The van der Waals surface area contributed by atoms with Crippen molar-refractivity contribution in [2.24, 2.45) is 0 Å². The Balaban J connectivity index is 2.77. The molecular weight excluding hydrogens is 290 g/mol. The highest BCUT2D eigenvalue weighted by Crippen LogP contribution is 2.26. The fourth-order valence-corrected chi connectivity index (χ4v) is 2.02. The van der Waals surface area contributed by atoms with E-state index in [-0.39, 0.29) is 6.54 Å². The van der Waals surface area contributed by atoms with Crippen molar-refractivity contribution in [1.29, 1.82) is 0 Å². The molecule has 0 aliphatic rings. The van der Waals surface area contributed by atoms with Crippen LogP contribution in [0.4, 0.5) is 4.79 Å². The molecule has 2 N–H and O–H groups in total. The van der Waals surface area contributed by atoms with Gasteiger partial charge in [-0.3, -0.25) is 0 Å². The van der Waals surface area contributed by atoms with Crippen molar-refractivity contribution in [2.75, 3.05) is 6.54 Å². The smallest absolute Gasteiger partial charge is 0.407 e. The topological polar surface area (TPSA) is 58.6 Å². The maximum atomic E-state index is 11.7. The highest BCUT2D eigenvalue weighted by atomic mass is 35.5. The van der Waals surface area contributed by atoms with Crippen LogP contribution in [0.25, 0.3) is 0 Å². The van der Waals surface area contributed by atoms with E-state index in [1.807, 2.05) is 6.92 Å². The van der Waals surface area contributed by atoms with Crippen LogP contribution in [0.1, 0.15) is 39.7 Å². The Morgan fingerprint density at radius 2 is 1.90 bits per heavy atom. The van der Waals surface area contributed by atoms with Gasteiger partial charge >= 0.3 is 6.09 Å². The van der Waals surface area contributed by atoms with E-state index in [9.17, 15) is 9.90 Å². The van der Waals surface area contributed by atoms with E-state index in [0.717, 1.165) is 0 Å². The van der Waals surface area contributed by atoms with E-state index >= 15 is 0 Å². The lowest BCUT2D eigenvalue weighted by molar-refractivity contribution is 0.0360. The molecule has 1 radical (unpaired) electrons. The predicted octanol–water partition coefficient (Wildman–Crippen LogP) is 3.67. The lowest BCUT2D eigenvalue weighted by Gasteiger charge is -2.29. The molecular formula is C16H23ClNO3. The Labute approximate surface area is 131 Å². The van der Waals surface area contributed by atoms with Crippen molar-refractivity contribution >= 4 is 17.7 Å². The molecule has 0 fully saturated rings. The van der Waals surface area contributed by atoms with E-state index in [2.05, 4.69) is 5.32 Å². The molecule has 1 aromatic carbocycles. The van der Waals surface area contributed by atoms with Gasteiger partial charge in [-0.15, -0.1) is 0 Å². The van der Waals surface area contributed by atoms with Gasteiger partial charge in [-0.1, -0.05) is 30.7 Å². The van der Waals surface area contributed by atoms with Crippen LogP contribution >= 0.6 is 11.6 Å². The molecule has 0 aliphatic carbocycles. The molecule has 5 heteroatoms. The van der Waals surface area contributed by atoms with Gasteiger partial charge in [0.25, 0.3) is 0 Å². The van der Waals surface area contributed by atoms with Crippen LogP contribution in [0.5, 0.6) is 0 Å². The zero-order valence-corrected chi connectivity index (χ0v) is 13.7. The SMILES string of the molecule is CC[CH]C(O)(CNC(=O)OC(C)(C)C)c1ccc(Cl)cc1. The minimum Gasteiger partial charge on any atom is -0.444 e. The molecule has 0 spiro atoms. The third-order valence-electron chi connectivity index (χ3n) is 2.79. The first-order valence-electron chi connectivity index (χ1n) is 6.96. The van der Waals surface area contributed by atoms with Crippen molar-refractivity contribution in [3.8, 4) is 0 Å². The summed E-state index contributed by atoms with van der Waals surface area (Å²) in [5, 5.41) is 13.9. The number of rotatable bonds is 5. The molecule has 1 rings (SSSR count). The summed E-state index contributed by atoms with van der Waals surface area (Å²) in [4.78, 5) is 11.7. The van der Waals surface area contributed by atoms with Crippen LogP contribution in [0.3, 0.4) is 0 Å². The second-order valence-corrected chi connectivity index (χ2v) is 6.34. The van der Waals surface area contributed by atoms with Crippen LogP contribution in [-0.2, 0) is 10.3 Å². The maximum absolute atomic E-state index is 11.7. The highest BCUT2D eigenvalue weighted by Gasteiger charge is 2.30. The molecule has 21 heavy (non-hydrogen) atoms. The fourth-order valence-electron chi connectivity index (χ4n) is 1.89. The Hall–Kier alpha value is -1.26. The first-order chi connectivity index (χ1) is 9.66. The number of aliphatic hydroxyl groups is 1. The standard InChI is InChI=1S/C16H23ClNO3/c1-5-10-16(20,12-6-8-13(17)9-7-12)11-18-14(19)21-15(2,3)4/h6-10,20H,5,11H2,1-4H3,(H,18,19). The van der Waals surface area contributed by atoms with Crippen molar-refractivity contribution in [3.63, 3.8) is 0 Å². The van der Waals surface area contributed by atoms with Crippen molar-refractivity contribution in [1.82, 2.24) is 5.32 Å². The summed E-state index contributed by atoms with van der Waals surface area (Å²) in [7, 11) is 0. The molecule has 1 atom stereocenters. The zero-order chi connectivity index (χ0) is 16.1. The van der Waals surface area contributed by atoms with Crippen LogP contribution < -0.4 is 5.32 Å². The van der Waals surface area contributed by atoms with E-state index in [4.69, 9.17) is 16.3 Å².